The fourth-order valence-corrected chi connectivity index (χ4v) is 2.64. The molecule has 0 saturated heterocycles. The first-order chi connectivity index (χ1) is 10.8. The Morgan fingerprint density at radius 2 is 1.61 bits per heavy atom. The Labute approximate surface area is 133 Å². The molecule has 0 amide bonds. The van der Waals surface area contributed by atoms with Gasteiger partial charge in [0.15, 0.2) is 15.6 Å². The van der Waals surface area contributed by atoms with E-state index in [4.69, 9.17) is 5.11 Å². The van der Waals surface area contributed by atoms with Gasteiger partial charge in [0.25, 0.3) is 0 Å². The van der Waals surface area contributed by atoms with E-state index in [-0.39, 0.29) is 4.90 Å². The van der Waals surface area contributed by atoms with Crippen LogP contribution in [0.3, 0.4) is 0 Å². The van der Waals surface area contributed by atoms with E-state index in [2.05, 4.69) is 0 Å². The summed E-state index contributed by atoms with van der Waals surface area (Å²) in [5.74, 6) is -1.60. The molecule has 0 heterocycles. The average molecular weight is 330 g/mol. The monoisotopic (exact) mass is 330 g/mol. The van der Waals surface area contributed by atoms with Gasteiger partial charge < -0.3 is 5.11 Å². The second-order valence-corrected chi connectivity index (χ2v) is 6.93. The molecule has 0 fully saturated rings. The van der Waals surface area contributed by atoms with Gasteiger partial charge in [-0.15, -0.1) is 0 Å². The number of aliphatic carboxylic acids is 1. The number of carbonyl (C=O) groups is 2. The van der Waals surface area contributed by atoms with Crippen molar-refractivity contribution in [1.82, 2.24) is 0 Å². The number of carboxylic acid groups (broad SMARTS) is 1. The number of carbonyl (C=O) groups excluding carboxylic acids is 1. The quantitative estimate of drug-likeness (QED) is 0.672. The highest BCUT2D eigenvalue weighted by Crippen LogP contribution is 2.23. The maximum atomic E-state index is 11.8. The van der Waals surface area contributed by atoms with Crippen LogP contribution in [0.2, 0.25) is 0 Å². The van der Waals surface area contributed by atoms with E-state index < -0.39 is 21.6 Å². The third-order valence-electron chi connectivity index (χ3n) is 3.14. The number of benzene rings is 2. The van der Waals surface area contributed by atoms with Gasteiger partial charge in [-0.2, -0.15) is 0 Å². The predicted molar refractivity (Wildman–Crippen MR) is 86.1 cm³/mol. The largest absolute Gasteiger partial charge is 0.478 e. The maximum absolute atomic E-state index is 11.8. The molecule has 5 nitrogen and oxygen atoms in total. The van der Waals surface area contributed by atoms with Crippen LogP contribution in [0.15, 0.2) is 65.6 Å². The van der Waals surface area contributed by atoms with E-state index in [9.17, 15) is 18.0 Å². The van der Waals surface area contributed by atoms with Crippen molar-refractivity contribution in [3.63, 3.8) is 0 Å². The molecule has 2 aromatic carbocycles. The summed E-state index contributed by atoms with van der Waals surface area (Å²) < 4.78 is 23.2. The Bertz CT molecular complexity index is 877. The van der Waals surface area contributed by atoms with Crippen LogP contribution in [0.5, 0.6) is 0 Å². The van der Waals surface area contributed by atoms with Gasteiger partial charge in [0.2, 0.25) is 0 Å². The van der Waals surface area contributed by atoms with Crippen molar-refractivity contribution in [2.75, 3.05) is 6.26 Å². The summed E-state index contributed by atoms with van der Waals surface area (Å²) in [6.45, 7) is 0. The zero-order chi connectivity index (χ0) is 17.0. The van der Waals surface area contributed by atoms with E-state index >= 15 is 0 Å². The number of carboxylic acids is 1. The highest BCUT2D eigenvalue weighted by molar-refractivity contribution is 7.90. The highest BCUT2D eigenvalue weighted by Gasteiger charge is 2.09. The third kappa shape index (κ3) is 4.37. The zero-order valence-corrected chi connectivity index (χ0v) is 13.1. The molecule has 0 aliphatic heterocycles. The molecule has 0 spiro atoms. The van der Waals surface area contributed by atoms with Gasteiger partial charge in [-0.1, -0.05) is 36.4 Å². The Morgan fingerprint density at radius 1 is 0.957 bits per heavy atom. The second-order valence-electron chi connectivity index (χ2n) is 4.91. The van der Waals surface area contributed by atoms with Crippen LogP contribution in [0.25, 0.3) is 11.1 Å². The minimum absolute atomic E-state index is 0.222. The Balaban J connectivity index is 2.30. The first kappa shape index (κ1) is 16.6. The van der Waals surface area contributed by atoms with E-state index in [1.165, 1.54) is 6.07 Å². The molecule has 118 valence electrons. The molecule has 2 rings (SSSR count). The van der Waals surface area contributed by atoms with Gasteiger partial charge in [-0.3, -0.25) is 4.79 Å². The van der Waals surface area contributed by atoms with Crippen molar-refractivity contribution >= 4 is 21.6 Å². The molecule has 6 heteroatoms. The molecule has 0 aliphatic rings. The molecule has 0 bridgehead atoms. The first-order valence-corrected chi connectivity index (χ1v) is 8.52. The summed E-state index contributed by atoms with van der Waals surface area (Å²) in [5.41, 5.74) is 1.83. The predicted octanol–water partition coefficient (Wildman–Crippen LogP) is 2.58. The Hall–Kier alpha value is -2.73. The van der Waals surface area contributed by atoms with Crippen LogP contribution < -0.4 is 0 Å². The second kappa shape index (κ2) is 6.58. The molecule has 0 radical (unpaired) electrons. The third-order valence-corrected chi connectivity index (χ3v) is 4.25. The van der Waals surface area contributed by atoms with Crippen molar-refractivity contribution < 1.29 is 23.1 Å². The Morgan fingerprint density at radius 3 is 2.17 bits per heavy atom. The van der Waals surface area contributed by atoms with Crippen LogP contribution in [0.4, 0.5) is 0 Å². The molecular weight excluding hydrogens is 316 g/mol. The SMILES string of the molecule is CS(=O)(=O)c1cccc(-c2ccc(C(=O)C=CC(=O)O)cc2)c1. The molecule has 0 atom stereocenters. The zero-order valence-electron chi connectivity index (χ0n) is 12.3. The summed E-state index contributed by atoms with van der Waals surface area (Å²) in [5, 5.41) is 8.51. The number of sulfone groups is 1. The van der Waals surface area contributed by atoms with Gasteiger partial charge in [-0.05, 0) is 29.3 Å². The number of ketones is 1. The lowest BCUT2D eigenvalue weighted by molar-refractivity contribution is -0.131. The minimum atomic E-state index is -3.29. The molecule has 2 aromatic rings. The fourth-order valence-electron chi connectivity index (χ4n) is 1.98. The van der Waals surface area contributed by atoms with Gasteiger partial charge >= 0.3 is 5.97 Å². The molecule has 0 unspecified atom stereocenters. The molecule has 0 saturated carbocycles. The maximum Gasteiger partial charge on any atom is 0.328 e. The van der Waals surface area contributed by atoms with Crippen molar-refractivity contribution in [3.05, 3.63) is 66.2 Å². The minimum Gasteiger partial charge on any atom is -0.478 e. The summed E-state index contributed by atoms with van der Waals surface area (Å²) in [6.07, 6.45) is 2.91. The summed E-state index contributed by atoms with van der Waals surface area (Å²) >= 11 is 0. The normalized spacial score (nSPS) is 11.5. The van der Waals surface area contributed by atoms with Crippen LogP contribution in [0, 0.1) is 0 Å². The van der Waals surface area contributed by atoms with Gasteiger partial charge in [0, 0.05) is 17.9 Å². The van der Waals surface area contributed by atoms with E-state index in [1.54, 1.807) is 42.5 Å². The summed E-state index contributed by atoms with van der Waals surface area (Å²) in [7, 11) is -3.29. The van der Waals surface area contributed by atoms with Crippen molar-refractivity contribution in [1.29, 1.82) is 0 Å². The topological polar surface area (TPSA) is 88.5 Å². The van der Waals surface area contributed by atoms with Crippen LogP contribution in [-0.4, -0.2) is 31.5 Å². The lowest BCUT2D eigenvalue weighted by Gasteiger charge is -2.05. The average Bonchev–Trinajstić information content (AvgIpc) is 2.52. The van der Waals surface area contributed by atoms with Crippen molar-refractivity contribution in [2.24, 2.45) is 0 Å². The number of allylic oxidation sites excluding steroid dienone is 1. The van der Waals surface area contributed by atoms with Crippen LogP contribution in [-0.2, 0) is 14.6 Å². The Kier molecular flexibility index (Phi) is 4.76. The summed E-state index contributed by atoms with van der Waals surface area (Å²) in [4.78, 5) is 22.4. The fraction of sp³-hybridized carbons (Fsp3) is 0.0588. The smallest absolute Gasteiger partial charge is 0.328 e. The van der Waals surface area contributed by atoms with Crippen LogP contribution in [0.1, 0.15) is 10.4 Å². The highest BCUT2D eigenvalue weighted by atomic mass is 32.2. The molecule has 0 aliphatic carbocycles. The summed E-state index contributed by atoms with van der Waals surface area (Å²) in [6, 6.07) is 13.0. The van der Waals surface area contributed by atoms with Gasteiger partial charge in [-0.25, -0.2) is 13.2 Å². The number of hydrogen-bond acceptors (Lipinski definition) is 4. The van der Waals surface area contributed by atoms with Gasteiger partial charge in [0.05, 0.1) is 4.90 Å². The van der Waals surface area contributed by atoms with E-state index in [0.29, 0.717) is 11.1 Å². The van der Waals surface area contributed by atoms with Gasteiger partial charge in [0.1, 0.15) is 0 Å². The molecule has 0 aromatic heterocycles. The standard InChI is InChI=1S/C17H14O5S/c1-23(21,22)15-4-2-3-14(11-15)12-5-7-13(8-6-12)16(18)9-10-17(19)20/h2-11H,1H3,(H,19,20). The van der Waals surface area contributed by atoms with Crippen molar-refractivity contribution in [3.8, 4) is 11.1 Å². The molecule has 1 N–H and O–H groups in total. The van der Waals surface area contributed by atoms with Crippen LogP contribution >= 0.6 is 0 Å². The molecule has 23 heavy (non-hydrogen) atoms. The lowest BCUT2D eigenvalue weighted by Crippen LogP contribution is -1.97. The van der Waals surface area contributed by atoms with E-state index in [1.807, 2.05) is 0 Å². The molecular formula is C17H14O5S. The first-order valence-electron chi connectivity index (χ1n) is 6.63. The number of rotatable bonds is 5. The van der Waals surface area contributed by atoms with E-state index in [0.717, 1.165) is 24.0 Å². The number of hydrogen-bond donors (Lipinski definition) is 1. The van der Waals surface area contributed by atoms with Crippen molar-refractivity contribution in [2.45, 2.75) is 4.90 Å². The lowest BCUT2D eigenvalue weighted by atomic mass is 10.0.